The van der Waals surface area contributed by atoms with Gasteiger partial charge in [-0.05, 0) is 32.9 Å². The van der Waals surface area contributed by atoms with Crippen LogP contribution in [0.4, 0.5) is 4.39 Å². The lowest BCUT2D eigenvalue weighted by atomic mass is 10.1. The van der Waals surface area contributed by atoms with Crippen molar-refractivity contribution in [3.05, 3.63) is 47.3 Å². The van der Waals surface area contributed by atoms with Gasteiger partial charge < -0.3 is 9.64 Å². The van der Waals surface area contributed by atoms with Crippen molar-refractivity contribution < 1.29 is 13.9 Å². The molecule has 7 heteroatoms. The van der Waals surface area contributed by atoms with Crippen molar-refractivity contribution in [2.45, 2.75) is 26.8 Å². The largest absolute Gasteiger partial charge is 0.452 e. The summed E-state index contributed by atoms with van der Waals surface area (Å²) >= 11 is 5.89. The fourth-order valence-corrected chi connectivity index (χ4v) is 2.28. The Morgan fingerprint density at radius 2 is 2.13 bits per heavy atom. The Labute approximate surface area is 139 Å². The molecule has 0 saturated carbocycles. The Bertz CT molecular complexity index is 709. The highest BCUT2D eigenvalue weighted by Crippen LogP contribution is 2.28. The minimum absolute atomic E-state index is 0.0112. The number of benzene rings is 1. The zero-order chi connectivity index (χ0) is 17.0. The van der Waals surface area contributed by atoms with Crippen molar-refractivity contribution in [3.8, 4) is 11.5 Å². The lowest BCUT2D eigenvalue weighted by Gasteiger charge is -2.25. The van der Waals surface area contributed by atoms with Crippen LogP contribution in [0.25, 0.3) is 0 Å². The lowest BCUT2D eigenvalue weighted by molar-refractivity contribution is 0.0716. The Morgan fingerprint density at radius 1 is 1.39 bits per heavy atom. The van der Waals surface area contributed by atoms with E-state index in [9.17, 15) is 9.18 Å². The minimum Gasteiger partial charge on any atom is -0.452 e. The summed E-state index contributed by atoms with van der Waals surface area (Å²) in [5, 5.41) is 0.106. The van der Waals surface area contributed by atoms with Gasteiger partial charge in [0.15, 0.2) is 10.9 Å². The van der Waals surface area contributed by atoms with Gasteiger partial charge in [0, 0.05) is 24.2 Å². The maximum atomic E-state index is 13.8. The van der Waals surface area contributed by atoms with Crippen LogP contribution < -0.4 is 4.74 Å². The van der Waals surface area contributed by atoms with Crippen LogP contribution in [0.1, 0.15) is 31.1 Å². The number of hydrogen-bond donors (Lipinski definition) is 0. The average molecular weight is 338 g/mol. The third kappa shape index (κ3) is 4.16. The topological polar surface area (TPSA) is 55.3 Å². The van der Waals surface area contributed by atoms with Gasteiger partial charge in [0.25, 0.3) is 5.91 Å². The third-order valence-electron chi connectivity index (χ3n) is 3.20. The van der Waals surface area contributed by atoms with E-state index in [0.29, 0.717) is 6.54 Å². The number of carbonyl (C=O) groups excluding carboxylic acids is 1. The van der Waals surface area contributed by atoms with Gasteiger partial charge in [-0.15, -0.1) is 0 Å². The summed E-state index contributed by atoms with van der Waals surface area (Å²) in [6.07, 6.45) is 2.64. The summed E-state index contributed by atoms with van der Waals surface area (Å²) in [5.74, 6) is -0.486. The van der Waals surface area contributed by atoms with Gasteiger partial charge in [0.2, 0.25) is 0 Å². The number of halogens is 2. The van der Waals surface area contributed by atoms with Gasteiger partial charge >= 0.3 is 0 Å². The molecule has 0 radical (unpaired) electrons. The molecule has 0 unspecified atom stereocenters. The van der Waals surface area contributed by atoms with Gasteiger partial charge in [-0.25, -0.2) is 14.4 Å². The highest BCUT2D eigenvalue weighted by Gasteiger charge is 2.19. The molecule has 2 rings (SSSR count). The molecule has 2 aromatic rings. The summed E-state index contributed by atoms with van der Waals surface area (Å²) in [6, 6.07) is 3.84. The second-order valence-electron chi connectivity index (χ2n) is 5.14. The predicted octanol–water partition coefficient (Wildman–Crippen LogP) is 3.93. The SMILES string of the molecule is CCN(C(=O)c1cc(F)cc(Oc2cncnc2Cl)c1)C(C)C. The Balaban J connectivity index is 2.32. The first-order chi connectivity index (χ1) is 10.9. The van der Waals surface area contributed by atoms with Gasteiger partial charge in [0.05, 0.1) is 6.20 Å². The molecular formula is C16H17ClFN3O2. The molecule has 23 heavy (non-hydrogen) atoms. The van der Waals surface area contributed by atoms with Gasteiger partial charge in [-0.2, -0.15) is 0 Å². The summed E-state index contributed by atoms with van der Waals surface area (Å²) in [6.45, 7) is 6.20. The molecule has 1 aromatic heterocycles. The molecule has 1 amide bonds. The zero-order valence-corrected chi connectivity index (χ0v) is 13.8. The Kier molecular flexibility index (Phi) is 5.50. The molecule has 0 fully saturated rings. The molecule has 0 aliphatic heterocycles. The van der Waals surface area contributed by atoms with Crippen LogP contribution in [-0.2, 0) is 0 Å². The molecule has 0 atom stereocenters. The molecule has 0 spiro atoms. The van der Waals surface area contributed by atoms with E-state index in [1.165, 1.54) is 30.7 Å². The van der Waals surface area contributed by atoms with Gasteiger partial charge in [-0.1, -0.05) is 11.6 Å². The number of nitrogens with zero attached hydrogens (tertiary/aromatic N) is 3. The first-order valence-electron chi connectivity index (χ1n) is 7.17. The smallest absolute Gasteiger partial charge is 0.254 e. The maximum absolute atomic E-state index is 13.8. The second kappa shape index (κ2) is 7.37. The summed E-state index contributed by atoms with van der Waals surface area (Å²) in [4.78, 5) is 21.7. The van der Waals surface area contributed by atoms with Crippen molar-refractivity contribution in [2.24, 2.45) is 0 Å². The third-order valence-corrected chi connectivity index (χ3v) is 3.49. The molecule has 0 saturated heterocycles. The molecule has 5 nitrogen and oxygen atoms in total. The fourth-order valence-electron chi connectivity index (χ4n) is 2.15. The lowest BCUT2D eigenvalue weighted by Crippen LogP contribution is -2.36. The highest BCUT2D eigenvalue weighted by molar-refractivity contribution is 6.30. The van der Waals surface area contributed by atoms with Gasteiger partial charge in [-0.3, -0.25) is 4.79 Å². The van der Waals surface area contributed by atoms with E-state index in [-0.39, 0.29) is 34.2 Å². The van der Waals surface area contributed by atoms with Crippen LogP contribution in [0, 0.1) is 5.82 Å². The number of aromatic nitrogens is 2. The van der Waals surface area contributed by atoms with E-state index in [1.807, 2.05) is 20.8 Å². The number of amides is 1. The van der Waals surface area contributed by atoms with Crippen molar-refractivity contribution in [1.29, 1.82) is 0 Å². The van der Waals surface area contributed by atoms with Crippen LogP contribution in [0.3, 0.4) is 0 Å². The second-order valence-corrected chi connectivity index (χ2v) is 5.50. The number of ether oxygens (including phenoxy) is 1. The van der Waals surface area contributed by atoms with Crippen molar-refractivity contribution >= 4 is 17.5 Å². The van der Waals surface area contributed by atoms with E-state index in [1.54, 1.807) is 4.90 Å². The van der Waals surface area contributed by atoms with E-state index in [0.717, 1.165) is 0 Å². The van der Waals surface area contributed by atoms with Crippen molar-refractivity contribution in [2.75, 3.05) is 6.54 Å². The fraction of sp³-hybridized carbons (Fsp3) is 0.312. The molecule has 0 aliphatic carbocycles. The summed E-state index contributed by atoms with van der Waals surface area (Å²) < 4.78 is 19.3. The summed E-state index contributed by atoms with van der Waals surface area (Å²) in [5.41, 5.74) is 0.212. The van der Waals surface area contributed by atoms with E-state index >= 15 is 0 Å². The monoisotopic (exact) mass is 337 g/mol. The molecule has 122 valence electrons. The molecule has 0 N–H and O–H groups in total. The van der Waals surface area contributed by atoms with Crippen LogP contribution in [0.15, 0.2) is 30.7 Å². The average Bonchev–Trinajstić information content (AvgIpc) is 2.49. The normalized spacial score (nSPS) is 10.7. The Hall–Kier alpha value is -2.21. The minimum atomic E-state index is -0.571. The molecule has 0 bridgehead atoms. The van der Waals surface area contributed by atoms with Crippen LogP contribution in [0.5, 0.6) is 11.5 Å². The predicted molar refractivity (Wildman–Crippen MR) is 85.4 cm³/mol. The van der Waals surface area contributed by atoms with Crippen LogP contribution in [-0.4, -0.2) is 33.4 Å². The molecule has 1 aromatic carbocycles. The molecule has 0 aliphatic rings. The number of rotatable bonds is 5. The van der Waals surface area contributed by atoms with E-state index < -0.39 is 5.82 Å². The number of hydrogen-bond acceptors (Lipinski definition) is 4. The van der Waals surface area contributed by atoms with Gasteiger partial charge in [0.1, 0.15) is 17.9 Å². The first-order valence-corrected chi connectivity index (χ1v) is 7.55. The number of carbonyl (C=O) groups is 1. The van der Waals surface area contributed by atoms with E-state index in [2.05, 4.69) is 9.97 Å². The molecule has 1 heterocycles. The molecular weight excluding hydrogens is 321 g/mol. The Morgan fingerprint density at radius 3 is 2.74 bits per heavy atom. The standard InChI is InChI=1S/C16H17ClFN3O2/c1-4-21(10(2)3)16(22)11-5-12(18)7-13(6-11)23-14-8-19-9-20-15(14)17/h5-10H,4H2,1-3H3. The zero-order valence-electron chi connectivity index (χ0n) is 13.1. The highest BCUT2D eigenvalue weighted by atomic mass is 35.5. The van der Waals surface area contributed by atoms with Crippen LogP contribution in [0.2, 0.25) is 5.15 Å². The maximum Gasteiger partial charge on any atom is 0.254 e. The quantitative estimate of drug-likeness (QED) is 0.776. The van der Waals surface area contributed by atoms with Crippen molar-refractivity contribution in [3.63, 3.8) is 0 Å². The van der Waals surface area contributed by atoms with Crippen LogP contribution >= 0.6 is 11.6 Å². The van der Waals surface area contributed by atoms with E-state index in [4.69, 9.17) is 16.3 Å². The van der Waals surface area contributed by atoms with Crippen molar-refractivity contribution in [1.82, 2.24) is 14.9 Å². The summed E-state index contributed by atoms with van der Waals surface area (Å²) in [7, 11) is 0. The first kappa shape index (κ1) is 17.1.